The van der Waals surface area contributed by atoms with E-state index in [1.165, 1.54) is 14.2 Å². The maximum atomic E-state index is 13.5. The molecule has 0 aliphatic rings. The highest BCUT2D eigenvalue weighted by Crippen LogP contribution is 2.46. The maximum absolute atomic E-state index is 13.5. The lowest BCUT2D eigenvalue weighted by Crippen LogP contribution is -2.10. The van der Waals surface area contributed by atoms with Crippen molar-refractivity contribution in [3.63, 3.8) is 0 Å². The zero-order valence-corrected chi connectivity index (χ0v) is 23.8. The van der Waals surface area contributed by atoms with E-state index < -0.39 is 34.2 Å². The number of rotatable bonds is 9. The summed E-state index contributed by atoms with van der Waals surface area (Å²) >= 11 is 0. The van der Waals surface area contributed by atoms with Gasteiger partial charge in [-0.2, -0.15) is 0 Å². The van der Waals surface area contributed by atoms with E-state index in [9.17, 15) is 30.0 Å². The van der Waals surface area contributed by atoms with Gasteiger partial charge in [0.2, 0.25) is 11.2 Å². The Bertz CT molecular complexity index is 1890. The van der Waals surface area contributed by atoms with Crippen molar-refractivity contribution in [3.05, 3.63) is 105 Å². The highest BCUT2D eigenvalue weighted by Gasteiger charge is 2.29. The van der Waals surface area contributed by atoms with Crippen LogP contribution in [-0.4, -0.2) is 40.4 Å². The van der Waals surface area contributed by atoms with E-state index in [4.69, 9.17) is 13.9 Å². The third-order valence-electron chi connectivity index (χ3n) is 7.47. The van der Waals surface area contributed by atoms with E-state index in [0.29, 0.717) is 12.0 Å². The second-order valence-corrected chi connectivity index (χ2v) is 10.1. The van der Waals surface area contributed by atoms with Crippen molar-refractivity contribution in [1.29, 1.82) is 0 Å². The number of ketones is 1. The minimum Gasteiger partial charge on any atom is -0.507 e. The molecule has 0 saturated heterocycles. The number of hydrogen-bond acceptors (Lipinski definition) is 9. The van der Waals surface area contributed by atoms with Crippen LogP contribution in [0.2, 0.25) is 0 Å². The summed E-state index contributed by atoms with van der Waals surface area (Å²) in [7, 11) is 2.65. The lowest BCUT2D eigenvalue weighted by atomic mass is 9.91. The lowest BCUT2D eigenvalue weighted by molar-refractivity contribution is 0.0977. The summed E-state index contributed by atoms with van der Waals surface area (Å²) in [6.45, 7) is 1.54. The summed E-state index contributed by atoms with van der Waals surface area (Å²) in [6, 6.07) is 19.0. The summed E-state index contributed by atoms with van der Waals surface area (Å²) in [6.07, 6.45) is 0.109. The van der Waals surface area contributed by atoms with E-state index in [0.717, 1.165) is 11.6 Å². The minimum absolute atomic E-state index is 0.0127. The quantitative estimate of drug-likeness (QED) is 0.153. The number of methoxy groups -OCH3 is 2. The van der Waals surface area contributed by atoms with Gasteiger partial charge in [-0.25, -0.2) is 0 Å². The fraction of sp³-hybridized carbons (Fsp3) is 0.176. The number of carbonyl (C=O) groups is 1. The molecule has 220 valence electrons. The zero-order chi connectivity index (χ0) is 30.8. The molecule has 9 nitrogen and oxygen atoms in total. The first-order valence-corrected chi connectivity index (χ1v) is 13.5. The SMILES string of the molecule is COc1c(C)c(O)c(C(=O)CCc2ccccc2)c(O)c1Cc1c(O)cc(O)c2c(=O)c(OC)c(-c3ccccc3)oc12. The number of aromatic hydroxyl groups is 4. The van der Waals surface area contributed by atoms with E-state index in [2.05, 4.69) is 0 Å². The Morgan fingerprint density at radius 3 is 2.07 bits per heavy atom. The van der Waals surface area contributed by atoms with Crippen molar-refractivity contribution in [1.82, 2.24) is 0 Å². The van der Waals surface area contributed by atoms with Gasteiger partial charge in [0.15, 0.2) is 11.5 Å². The fourth-order valence-electron chi connectivity index (χ4n) is 5.31. The van der Waals surface area contributed by atoms with Gasteiger partial charge in [0, 0.05) is 41.2 Å². The van der Waals surface area contributed by atoms with E-state index in [-0.39, 0.29) is 63.3 Å². The van der Waals surface area contributed by atoms with E-state index >= 15 is 0 Å². The van der Waals surface area contributed by atoms with Crippen LogP contribution in [0.5, 0.6) is 34.5 Å². The summed E-state index contributed by atoms with van der Waals surface area (Å²) in [5, 5.41) is 43.8. The largest absolute Gasteiger partial charge is 0.507 e. The zero-order valence-electron chi connectivity index (χ0n) is 23.8. The van der Waals surface area contributed by atoms with Gasteiger partial charge in [-0.15, -0.1) is 0 Å². The van der Waals surface area contributed by atoms with Crippen LogP contribution >= 0.6 is 0 Å². The standard InChI is InChI=1S/C34H30O9/c1-18-28(38)26(23(35)15-14-19-10-6-4-7-11-19)29(39)22(31(18)41-2)16-21-24(36)17-25(37)27-30(40)34(42-3)32(43-33(21)27)20-12-8-5-9-13-20/h4-13,17,36-39H,14-16H2,1-3H3. The Morgan fingerprint density at radius 1 is 0.814 bits per heavy atom. The number of fused-ring (bicyclic) bond motifs is 1. The summed E-state index contributed by atoms with van der Waals surface area (Å²) in [4.78, 5) is 26.9. The lowest BCUT2D eigenvalue weighted by Gasteiger charge is -2.20. The van der Waals surface area contributed by atoms with Gasteiger partial charge < -0.3 is 34.3 Å². The Hall–Kier alpha value is -5.44. The number of aryl methyl sites for hydroxylation is 1. The van der Waals surface area contributed by atoms with Crippen LogP contribution in [0.15, 0.2) is 75.9 Å². The Kier molecular flexibility index (Phi) is 7.98. The molecule has 9 heteroatoms. The molecule has 1 aromatic heterocycles. The Morgan fingerprint density at radius 2 is 1.44 bits per heavy atom. The topological polar surface area (TPSA) is 147 Å². The van der Waals surface area contributed by atoms with E-state index in [1.54, 1.807) is 37.3 Å². The molecule has 0 amide bonds. The highest BCUT2D eigenvalue weighted by molar-refractivity contribution is 6.03. The predicted molar refractivity (Wildman–Crippen MR) is 161 cm³/mol. The number of ether oxygens (including phenoxy) is 2. The van der Waals surface area contributed by atoms with Gasteiger partial charge in [0.25, 0.3) is 0 Å². The van der Waals surface area contributed by atoms with Crippen molar-refractivity contribution in [2.45, 2.75) is 26.2 Å². The monoisotopic (exact) mass is 582 g/mol. The third-order valence-corrected chi connectivity index (χ3v) is 7.47. The second-order valence-electron chi connectivity index (χ2n) is 10.1. The third kappa shape index (κ3) is 5.21. The maximum Gasteiger partial charge on any atom is 0.239 e. The molecule has 0 saturated carbocycles. The fourth-order valence-corrected chi connectivity index (χ4v) is 5.31. The van der Waals surface area contributed by atoms with Gasteiger partial charge in [0.1, 0.15) is 45.3 Å². The molecule has 4 aromatic carbocycles. The average molecular weight is 583 g/mol. The van der Waals surface area contributed by atoms with Crippen LogP contribution in [0.4, 0.5) is 0 Å². The second kappa shape index (κ2) is 11.8. The van der Waals surface area contributed by atoms with Crippen molar-refractivity contribution >= 4 is 16.8 Å². The molecule has 0 bridgehead atoms. The molecular formula is C34H30O9. The number of hydrogen-bond donors (Lipinski definition) is 4. The van der Waals surface area contributed by atoms with Crippen LogP contribution in [-0.2, 0) is 12.8 Å². The predicted octanol–water partition coefficient (Wildman–Crippen LogP) is 6.01. The molecule has 43 heavy (non-hydrogen) atoms. The first-order valence-electron chi connectivity index (χ1n) is 13.5. The molecule has 5 rings (SSSR count). The first kappa shape index (κ1) is 29.1. The summed E-state index contributed by atoms with van der Waals surface area (Å²) in [5.41, 5.74) is 0.644. The van der Waals surface area contributed by atoms with Gasteiger partial charge in [0.05, 0.1) is 14.2 Å². The Balaban J connectivity index is 1.70. The van der Waals surface area contributed by atoms with Gasteiger partial charge in [-0.3, -0.25) is 9.59 Å². The molecule has 0 radical (unpaired) electrons. The number of phenolic OH excluding ortho intramolecular Hbond substituents is 4. The molecule has 1 heterocycles. The smallest absolute Gasteiger partial charge is 0.239 e. The van der Waals surface area contributed by atoms with Crippen LogP contribution in [0.3, 0.4) is 0 Å². The van der Waals surface area contributed by atoms with Crippen molar-refractivity contribution < 1.29 is 39.1 Å². The van der Waals surface area contributed by atoms with Crippen LogP contribution < -0.4 is 14.9 Å². The summed E-state index contributed by atoms with van der Waals surface area (Å²) < 4.78 is 17.1. The van der Waals surface area contributed by atoms with Crippen LogP contribution in [0, 0.1) is 6.92 Å². The van der Waals surface area contributed by atoms with Crippen LogP contribution in [0.1, 0.15) is 39.0 Å². The summed E-state index contributed by atoms with van der Waals surface area (Å²) in [5.74, 6) is -2.39. The Labute approximate surface area is 246 Å². The molecule has 0 fully saturated rings. The highest BCUT2D eigenvalue weighted by atomic mass is 16.5. The van der Waals surface area contributed by atoms with Crippen molar-refractivity contribution in [2.75, 3.05) is 14.2 Å². The molecular weight excluding hydrogens is 552 g/mol. The van der Waals surface area contributed by atoms with Gasteiger partial charge in [-0.1, -0.05) is 60.7 Å². The average Bonchev–Trinajstić information content (AvgIpc) is 3.01. The first-order chi connectivity index (χ1) is 20.7. The molecule has 0 aliphatic heterocycles. The molecule has 0 unspecified atom stereocenters. The molecule has 0 spiro atoms. The van der Waals surface area contributed by atoms with Crippen molar-refractivity contribution in [3.8, 4) is 45.8 Å². The van der Waals surface area contributed by atoms with Gasteiger partial charge >= 0.3 is 0 Å². The minimum atomic E-state index is -0.670. The number of phenols is 4. The van der Waals surface area contributed by atoms with Crippen molar-refractivity contribution in [2.24, 2.45) is 0 Å². The molecule has 0 aliphatic carbocycles. The molecule has 5 aromatic rings. The molecule has 4 N–H and O–H groups in total. The van der Waals surface area contributed by atoms with E-state index in [1.807, 2.05) is 30.3 Å². The van der Waals surface area contributed by atoms with Crippen LogP contribution in [0.25, 0.3) is 22.3 Å². The molecule has 0 atom stereocenters. The number of benzene rings is 4. The van der Waals surface area contributed by atoms with Gasteiger partial charge in [-0.05, 0) is 18.9 Å². The number of carbonyl (C=O) groups excluding carboxylic acids is 1. The number of Topliss-reactive ketones (excluding diaryl/α,β-unsaturated/α-hetero) is 1. The normalized spacial score (nSPS) is 11.0.